The molecule has 1 aromatic rings. The molecule has 1 amide bonds. The van der Waals surface area contributed by atoms with Gasteiger partial charge in [-0.2, -0.15) is 5.10 Å². The summed E-state index contributed by atoms with van der Waals surface area (Å²) in [6.45, 7) is 3.77. The summed E-state index contributed by atoms with van der Waals surface area (Å²) in [7, 11) is 1.81. The smallest absolute Gasteiger partial charge is 0.236 e. The van der Waals surface area contributed by atoms with Gasteiger partial charge in [0, 0.05) is 33.2 Å². The van der Waals surface area contributed by atoms with E-state index in [4.69, 9.17) is 9.47 Å². The Bertz CT molecular complexity index is 515. The number of amides is 1. The van der Waals surface area contributed by atoms with Crippen molar-refractivity contribution in [1.82, 2.24) is 19.6 Å². The molecule has 0 spiro atoms. The van der Waals surface area contributed by atoms with Gasteiger partial charge in [-0.05, 0) is 0 Å². The van der Waals surface area contributed by atoms with Crippen molar-refractivity contribution in [3.8, 4) is 5.75 Å². The maximum atomic E-state index is 12.2. The molecule has 3 rings (SSSR count). The predicted octanol–water partition coefficient (Wildman–Crippen LogP) is -1.30. The standard InChI is InChI=1S/C14H22N4O4/c1-16-7-11(6-15-16)22-13-9-17(8-12(13)19)10-14(20)18-2-4-21-5-3-18/h6-7,12-13,19H,2-5,8-10H2,1H3/t12-,13-/m1/s1. The molecule has 3 heterocycles. The lowest BCUT2D eigenvalue weighted by Crippen LogP contribution is -2.45. The molecule has 2 atom stereocenters. The van der Waals surface area contributed by atoms with Crippen molar-refractivity contribution >= 4 is 5.91 Å². The number of ether oxygens (including phenoxy) is 2. The van der Waals surface area contributed by atoms with Crippen LogP contribution in [0, 0.1) is 0 Å². The Labute approximate surface area is 129 Å². The van der Waals surface area contributed by atoms with Crippen molar-refractivity contribution in [3.63, 3.8) is 0 Å². The topological polar surface area (TPSA) is 80.1 Å². The van der Waals surface area contributed by atoms with E-state index >= 15 is 0 Å². The summed E-state index contributed by atoms with van der Waals surface area (Å²) in [6, 6.07) is 0. The number of aromatic nitrogens is 2. The first-order chi connectivity index (χ1) is 10.6. The molecular weight excluding hydrogens is 288 g/mol. The van der Waals surface area contributed by atoms with E-state index in [1.165, 1.54) is 0 Å². The van der Waals surface area contributed by atoms with E-state index in [9.17, 15) is 9.90 Å². The van der Waals surface area contributed by atoms with E-state index in [-0.39, 0.29) is 12.0 Å². The van der Waals surface area contributed by atoms with Crippen LogP contribution in [0.25, 0.3) is 0 Å². The van der Waals surface area contributed by atoms with E-state index in [1.807, 2.05) is 16.8 Å². The van der Waals surface area contributed by atoms with Crippen LogP contribution in [0.15, 0.2) is 12.4 Å². The number of rotatable bonds is 4. The number of likely N-dealkylation sites (tertiary alicyclic amines) is 1. The van der Waals surface area contributed by atoms with Gasteiger partial charge in [-0.15, -0.1) is 0 Å². The Morgan fingerprint density at radius 2 is 2.23 bits per heavy atom. The highest BCUT2D eigenvalue weighted by Gasteiger charge is 2.34. The van der Waals surface area contributed by atoms with Gasteiger partial charge in [0.25, 0.3) is 0 Å². The van der Waals surface area contributed by atoms with Crippen LogP contribution < -0.4 is 4.74 Å². The third-order valence-electron chi connectivity index (χ3n) is 4.00. The van der Waals surface area contributed by atoms with Crippen LogP contribution >= 0.6 is 0 Å². The number of morpholine rings is 1. The monoisotopic (exact) mass is 310 g/mol. The van der Waals surface area contributed by atoms with Gasteiger partial charge in [0.05, 0.1) is 32.2 Å². The molecule has 2 saturated heterocycles. The van der Waals surface area contributed by atoms with E-state index in [0.29, 0.717) is 51.7 Å². The van der Waals surface area contributed by atoms with Gasteiger partial charge in [0.15, 0.2) is 5.75 Å². The summed E-state index contributed by atoms with van der Waals surface area (Å²) >= 11 is 0. The third kappa shape index (κ3) is 3.57. The van der Waals surface area contributed by atoms with E-state index in [0.717, 1.165) is 0 Å². The van der Waals surface area contributed by atoms with Crippen LogP contribution in [0.1, 0.15) is 0 Å². The molecule has 8 heteroatoms. The molecule has 8 nitrogen and oxygen atoms in total. The van der Waals surface area contributed by atoms with Crippen molar-refractivity contribution in [3.05, 3.63) is 12.4 Å². The fourth-order valence-electron chi connectivity index (χ4n) is 2.82. The summed E-state index contributed by atoms with van der Waals surface area (Å²) in [4.78, 5) is 16.0. The highest BCUT2D eigenvalue weighted by Crippen LogP contribution is 2.18. The predicted molar refractivity (Wildman–Crippen MR) is 77.5 cm³/mol. The van der Waals surface area contributed by atoms with Crippen LogP contribution in [-0.4, -0.2) is 88.7 Å². The Morgan fingerprint density at radius 3 is 2.91 bits per heavy atom. The lowest BCUT2D eigenvalue weighted by Gasteiger charge is -2.28. The number of hydrogen-bond donors (Lipinski definition) is 1. The SMILES string of the molecule is Cn1cc(O[C@@H]2CN(CC(=O)N3CCOCC3)C[C@H]2O)cn1. The summed E-state index contributed by atoms with van der Waals surface area (Å²) in [5, 5.41) is 14.1. The maximum Gasteiger partial charge on any atom is 0.236 e. The zero-order valence-electron chi connectivity index (χ0n) is 12.7. The molecule has 0 aromatic carbocycles. The van der Waals surface area contributed by atoms with Crippen LogP contribution in [0.5, 0.6) is 5.75 Å². The first-order valence-corrected chi connectivity index (χ1v) is 7.53. The minimum absolute atomic E-state index is 0.0810. The second kappa shape index (κ2) is 6.64. The molecular formula is C14H22N4O4. The number of β-amino-alcohol motifs (C(OH)–C–C–N with tert-alkyl or cyclic N) is 1. The van der Waals surface area contributed by atoms with Gasteiger partial charge in [0.1, 0.15) is 12.2 Å². The highest BCUT2D eigenvalue weighted by atomic mass is 16.5. The minimum Gasteiger partial charge on any atom is -0.483 e. The first-order valence-electron chi connectivity index (χ1n) is 7.53. The molecule has 0 aliphatic carbocycles. The molecule has 2 fully saturated rings. The maximum absolute atomic E-state index is 12.2. The average Bonchev–Trinajstić information content (AvgIpc) is 3.06. The number of aryl methyl sites for hydroxylation is 1. The number of carbonyl (C=O) groups is 1. The van der Waals surface area contributed by atoms with Gasteiger partial charge in [-0.3, -0.25) is 14.4 Å². The second-order valence-corrected chi connectivity index (χ2v) is 5.76. The van der Waals surface area contributed by atoms with Gasteiger partial charge in [-0.1, -0.05) is 0 Å². The number of hydrogen-bond acceptors (Lipinski definition) is 6. The van der Waals surface area contributed by atoms with E-state index in [1.54, 1.807) is 17.1 Å². The number of aliphatic hydroxyl groups excluding tert-OH is 1. The minimum atomic E-state index is -0.599. The van der Waals surface area contributed by atoms with Crippen LogP contribution in [0.4, 0.5) is 0 Å². The van der Waals surface area contributed by atoms with Gasteiger partial charge in [-0.25, -0.2) is 0 Å². The molecule has 0 bridgehead atoms. The van der Waals surface area contributed by atoms with Gasteiger partial charge >= 0.3 is 0 Å². The fraction of sp³-hybridized carbons (Fsp3) is 0.714. The Hall–Kier alpha value is -1.64. The van der Waals surface area contributed by atoms with Crippen LogP contribution in [-0.2, 0) is 16.6 Å². The lowest BCUT2D eigenvalue weighted by molar-refractivity contribution is -0.136. The third-order valence-corrected chi connectivity index (χ3v) is 4.00. The summed E-state index contributed by atoms with van der Waals surface area (Å²) < 4.78 is 12.6. The first kappa shape index (κ1) is 15.3. The Balaban J connectivity index is 1.50. The molecule has 2 aliphatic rings. The van der Waals surface area contributed by atoms with Crippen molar-refractivity contribution in [2.24, 2.45) is 7.05 Å². The van der Waals surface area contributed by atoms with Crippen molar-refractivity contribution in [2.75, 3.05) is 45.9 Å². The van der Waals surface area contributed by atoms with Crippen molar-refractivity contribution in [1.29, 1.82) is 0 Å². The Kier molecular flexibility index (Phi) is 4.60. The Morgan fingerprint density at radius 1 is 1.45 bits per heavy atom. The molecule has 0 radical (unpaired) electrons. The highest BCUT2D eigenvalue weighted by molar-refractivity contribution is 5.78. The second-order valence-electron chi connectivity index (χ2n) is 5.76. The quantitative estimate of drug-likeness (QED) is 0.745. The number of carbonyl (C=O) groups excluding carboxylic acids is 1. The van der Waals surface area contributed by atoms with Crippen LogP contribution in [0.2, 0.25) is 0 Å². The molecule has 22 heavy (non-hydrogen) atoms. The zero-order chi connectivity index (χ0) is 15.5. The van der Waals surface area contributed by atoms with E-state index in [2.05, 4.69) is 5.10 Å². The summed E-state index contributed by atoms with van der Waals surface area (Å²) in [6.07, 6.45) is 2.45. The van der Waals surface area contributed by atoms with Crippen molar-refractivity contribution in [2.45, 2.75) is 12.2 Å². The molecule has 2 aliphatic heterocycles. The molecule has 1 aromatic heterocycles. The normalized spacial score (nSPS) is 26.4. The van der Waals surface area contributed by atoms with Crippen molar-refractivity contribution < 1.29 is 19.4 Å². The summed E-state index contributed by atoms with van der Waals surface area (Å²) in [5.74, 6) is 0.713. The molecule has 0 saturated carbocycles. The molecule has 0 unspecified atom stereocenters. The number of aliphatic hydroxyl groups is 1. The van der Waals surface area contributed by atoms with Gasteiger partial charge in [0.2, 0.25) is 5.91 Å². The fourth-order valence-corrected chi connectivity index (χ4v) is 2.82. The van der Waals surface area contributed by atoms with Crippen LogP contribution in [0.3, 0.4) is 0 Å². The number of nitrogens with zero attached hydrogens (tertiary/aromatic N) is 4. The molecule has 1 N–H and O–H groups in total. The largest absolute Gasteiger partial charge is 0.483 e. The van der Waals surface area contributed by atoms with E-state index < -0.39 is 6.10 Å². The molecule has 122 valence electrons. The lowest BCUT2D eigenvalue weighted by atomic mass is 10.3. The summed E-state index contributed by atoms with van der Waals surface area (Å²) in [5.41, 5.74) is 0. The van der Waals surface area contributed by atoms with Gasteiger partial charge < -0.3 is 19.5 Å². The zero-order valence-corrected chi connectivity index (χ0v) is 12.7. The average molecular weight is 310 g/mol.